The predicted octanol–water partition coefficient (Wildman–Crippen LogP) is 4.56. The van der Waals surface area contributed by atoms with E-state index < -0.39 is 0 Å². The van der Waals surface area contributed by atoms with Gasteiger partial charge in [0.25, 0.3) is 0 Å². The third kappa shape index (κ3) is 1.88. The van der Waals surface area contributed by atoms with Crippen LogP contribution in [0.2, 0.25) is 0 Å². The Morgan fingerprint density at radius 1 is 1.00 bits per heavy atom. The molecule has 0 bridgehead atoms. The van der Waals surface area contributed by atoms with Crippen LogP contribution in [0, 0.1) is 5.41 Å². The lowest BCUT2D eigenvalue weighted by atomic mass is 9.70. The fourth-order valence-electron chi connectivity index (χ4n) is 2.88. The van der Waals surface area contributed by atoms with E-state index >= 15 is 0 Å². The van der Waals surface area contributed by atoms with Crippen LogP contribution in [0.3, 0.4) is 0 Å². The van der Waals surface area contributed by atoms with E-state index in [0.29, 0.717) is 0 Å². The van der Waals surface area contributed by atoms with Crippen LogP contribution >= 0.6 is 15.9 Å². The van der Waals surface area contributed by atoms with Gasteiger partial charge in [0.1, 0.15) is 0 Å². The molecule has 3 rings (SSSR count). The minimum absolute atomic E-state index is 0.0629. The van der Waals surface area contributed by atoms with Crippen molar-refractivity contribution in [2.45, 2.75) is 19.9 Å². The number of halogens is 1. The van der Waals surface area contributed by atoms with Crippen LogP contribution < -0.4 is 4.90 Å². The minimum Gasteiger partial charge on any atom is -0.303 e. The van der Waals surface area contributed by atoms with Crippen LogP contribution in [0.1, 0.15) is 25.5 Å². The maximum absolute atomic E-state index is 12.5. The van der Waals surface area contributed by atoms with Gasteiger partial charge in [-0.2, -0.15) is 0 Å². The number of anilines is 1. The van der Waals surface area contributed by atoms with Crippen LogP contribution in [-0.4, -0.2) is 5.91 Å². The Labute approximate surface area is 127 Å². The van der Waals surface area contributed by atoms with Gasteiger partial charge >= 0.3 is 0 Å². The summed E-state index contributed by atoms with van der Waals surface area (Å²) in [5.74, 6) is 0.171. The van der Waals surface area contributed by atoms with E-state index in [1.54, 1.807) is 0 Å². The van der Waals surface area contributed by atoms with Crippen molar-refractivity contribution in [1.29, 1.82) is 0 Å². The summed E-state index contributed by atoms with van der Waals surface area (Å²) in [4.78, 5) is 14.4. The molecule has 1 amide bonds. The topological polar surface area (TPSA) is 20.3 Å². The van der Waals surface area contributed by atoms with Crippen molar-refractivity contribution in [3.8, 4) is 0 Å². The van der Waals surface area contributed by atoms with E-state index in [9.17, 15) is 4.79 Å². The monoisotopic (exact) mass is 329 g/mol. The largest absolute Gasteiger partial charge is 0.303 e. The first-order chi connectivity index (χ1) is 9.53. The summed E-state index contributed by atoms with van der Waals surface area (Å²) in [6.45, 7) is 4.03. The number of β-lactam (4-membered cyclic amide) rings is 1. The van der Waals surface area contributed by atoms with Crippen molar-refractivity contribution in [3.63, 3.8) is 0 Å². The minimum atomic E-state index is -0.375. The molecular formula is C17H16BrNO. The fourth-order valence-corrected chi connectivity index (χ4v) is 3.38. The standard InChI is InChI=1S/C17H16BrNO/c1-17(2)15(13-10-6-7-11-14(13)18)19(16(17)20)12-8-4-3-5-9-12/h3-11,15H,1-2H3. The molecule has 20 heavy (non-hydrogen) atoms. The molecule has 1 aliphatic rings. The van der Waals surface area contributed by atoms with Gasteiger partial charge in [-0.25, -0.2) is 0 Å². The third-order valence-electron chi connectivity index (χ3n) is 3.95. The summed E-state index contributed by atoms with van der Waals surface area (Å²) < 4.78 is 1.05. The maximum atomic E-state index is 12.5. The molecule has 1 unspecified atom stereocenters. The van der Waals surface area contributed by atoms with Gasteiger partial charge < -0.3 is 4.90 Å². The molecule has 1 saturated heterocycles. The van der Waals surface area contributed by atoms with Crippen molar-refractivity contribution in [3.05, 3.63) is 64.6 Å². The number of rotatable bonds is 2. The molecule has 1 atom stereocenters. The van der Waals surface area contributed by atoms with E-state index in [0.717, 1.165) is 15.7 Å². The average Bonchev–Trinajstić information content (AvgIpc) is 2.46. The highest BCUT2D eigenvalue weighted by molar-refractivity contribution is 9.10. The quantitative estimate of drug-likeness (QED) is 0.739. The second kappa shape index (κ2) is 4.74. The van der Waals surface area contributed by atoms with Gasteiger partial charge in [-0.05, 0) is 37.6 Å². The molecule has 0 spiro atoms. The predicted molar refractivity (Wildman–Crippen MR) is 84.6 cm³/mol. The molecule has 3 heteroatoms. The number of amides is 1. The third-order valence-corrected chi connectivity index (χ3v) is 4.67. The Bertz CT molecular complexity index is 651. The highest BCUT2D eigenvalue weighted by atomic mass is 79.9. The van der Waals surface area contributed by atoms with Crippen LogP contribution in [0.15, 0.2) is 59.1 Å². The van der Waals surface area contributed by atoms with Crippen molar-refractivity contribution in [2.75, 3.05) is 4.90 Å². The van der Waals surface area contributed by atoms with E-state index in [-0.39, 0.29) is 17.4 Å². The lowest BCUT2D eigenvalue weighted by Gasteiger charge is -2.53. The Kier molecular flexibility index (Phi) is 3.17. The number of nitrogens with zero attached hydrogens (tertiary/aromatic N) is 1. The SMILES string of the molecule is CC1(C)C(=O)N(c2ccccc2)C1c1ccccc1Br. The van der Waals surface area contributed by atoms with Crippen molar-refractivity contribution < 1.29 is 4.79 Å². The first kappa shape index (κ1) is 13.4. The number of carbonyl (C=O) groups excluding carboxylic acids is 1. The van der Waals surface area contributed by atoms with Crippen molar-refractivity contribution >= 4 is 27.5 Å². The summed E-state index contributed by atoms with van der Waals surface area (Å²) in [6.07, 6.45) is 0. The summed E-state index contributed by atoms with van der Waals surface area (Å²) in [7, 11) is 0. The molecule has 0 saturated carbocycles. The molecule has 2 aromatic rings. The summed E-state index contributed by atoms with van der Waals surface area (Å²) in [6, 6.07) is 18.0. The number of para-hydroxylation sites is 1. The van der Waals surface area contributed by atoms with E-state index in [2.05, 4.69) is 22.0 Å². The number of benzene rings is 2. The fraction of sp³-hybridized carbons (Fsp3) is 0.235. The molecular weight excluding hydrogens is 314 g/mol. The molecule has 0 N–H and O–H groups in total. The Morgan fingerprint density at radius 2 is 1.60 bits per heavy atom. The van der Waals surface area contributed by atoms with Gasteiger partial charge in [0.05, 0.1) is 11.5 Å². The molecule has 2 nitrogen and oxygen atoms in total. The molecule has 1 heterocycles. The van der Waals surface area contributed by atoms with Gasteiger partial charge in [-0.15, -0.1) is 0 Å². The average molecular weight is 330 g/mol. The number of hydrogen-bond acceptors (Lipinski definition) is 1. The van der Waals surface area contributed by atoms with Gasteiger partial charge in [0, 0.05) is 10.2 Å². The lowest BCUT2D eigenvalue weighted by molar-refractivity contribution is -0.137. The summed E-state index contributed by atoms with van der Waals surface area (Å²) >= 11 is 3.61. The highest BCUT2D eigenvalue weighted by Crippen LogP contribution is 2.52. The molecule has 0 aliphatic carbocycles. The van der Waals surface area contributed by atoms with Crippen LogP contribution in [0.5, 0.6) is 0 Å². The Hall–Kier alpha value is -1.61. The molecule has 2 aromatic carbocycles. The second-order valence-corrected chi connectivity index (χ2v) is 6.51. The van der Waals surface area contributed by atoms with Gasteiger partial charge in [-0.3, -0.25) is 4.79 Å². The Balaban J connectivity index is 2.07. The zero-order chi connectivity index (χ0) is 14.3. The van der Waals surface area contributed by atoms with Crippen molar-refractivity contribution in [2.24, 2.45) is 5.41 Å². The molecule has 0 radical (unpaired) electrons. The molecule has 0 aromatic heterocycles. The molecule has 102 valence electrons. The Morgan fingerprint density at radius 3 is 2.25 bits per heavy atom. The van der Waals surface area contributed by atoms with Crippen LogP contribution in [0.4, 0.5) is 5.69 Å². The van der Waals surface area contributed by atoms with Crippen LogP contribution in [-0.2, 0) is 4.79 Å². The number of hydrogen-bond donors (Lipinski definition) is 0. The van der Waals surface area contributed by atoms with Crippen LogP contribution in [0.25, 0.3) is 0 Å². The number of carbonyl (C=O) groups is 1. The van der Waals surface area contributed by atoms with E-state index in [4.69, 9.17) is 0 Å². The zero-order valence-corrected chi connectivity index (χ0v) is 13.1. The first-order valence-corrected chi connectivity index (χ1v) is 7.46. The summed E-state index contributed by atoms with van der Waals surface area (Å²) in [5.41, 5.74) is 1.73. The normalized spacial score (nSPS) is 20.6. The highest BCUT2D eigenvalue weighted by Gasteiger charge is 2.55. The van der Waals surface area contributed by atoms with E-state index in [1.165, 1.54) is 0 Å². The van der Waals surface area contributed by atoms with Gasteiger partial charge in [-0.1, -0.05) is 52.3 Å². The van der Waals surface area contributed by atoms with E-state index in [1.807, 2.05) is 67.3 Å². The summed E-state index contributed by atoms with van der Waals surface area (Å²) in [5, 5.41) is 0. The van der Waals surface area contributed by atoms with Gasteiger partial charge in [0.2, 0.25) is 5.91 Å². The lowest BCUT2D eigenvalue weighted by Crippen LogP contribution is -2.61. The molecule has 1 aliphatic heterocycles. The molecule has 1 fully saturated rings. The smallest absolute Gasteiger partial charge is 0.235 e. The van der Waals surface area contributed by atoms with Crippen molar-refractivity contribution in [1.82, 2.24) is 0 Å². The second-order valence-electron chi connectivity index (χ2n) is 5.66. The zero-order valence-electron chi connectivity index (χ0n) is 11.5. The first-order valence-electron chi connectivity index (χ1n) is 6.66. The maximum Gasteiger partial charge on any atom is 0.235 e. The van der Waals surface area contributed by atoms with Gasteiger partial charge in [0.15, 0.2) is 0 Å².